The highest BCUT2D eigenvalue weighted by Gasteiger charge is 2.32. The van der Waals surface area contributed by atoms with Crippen molar-refractivity contribution < 1.29 is 42.9 Å². The third-order valence-electron chi connectivity index (χ3n) is 6.87. The van der Waals surface area contributed by atoms with Crippen LogP contribution in [0.1, 0.15) is 35.1 Å². The smallest absolute Gasteiger partial charge is 0.408 e. The van der Waals surface area contributed by atoms with E-state index in [9.17, 15) is 24.0 Å². The van der Waals surface area contributed by atoms with E-state index in [1.165, 1.54) is 0 Å². The Morgan fingerprint density at radius 1 is 0.438 bits per heavy atom. The van der Waals surface area contributed by atoms with Crippen molar-refractivity contribution in [2.24, 2.45) is 0 Å². The van der Waals surface area contributed by atoms with E-state index in [1.807, 2.05) is 18.2 Å². The van der Waals surface area contributed by atoms with Crippen molar-refractivity contribution in [3.8, 4) is 0 Å². The SMILES string of the molecule is O=C(C[C@H](NC(=O)[C@@H](CC(=O)OCc1ccccc1)NC(=O)OCc1ccccc1)C(=O)OCc1ccccc1)OCc1ccccc1. The molecule has 0 radical (unpaired) electrons. The van der Waals surface area contributed by atoms with Crippen molar-refractivity contribution in [3.05, 3.63) is 144 Å². The maximum absolute atomic E-state index is 13.6. The predicted octanol–water partition coefficient (Wildman–Crippen LogP) is 4.78. The van der Waals surface area contributed by atoms with Crippen molar-refractivity contribution in [1.82, 2.24) is 10.6 Å². The van der Waals surface area contributed by atoms with Crippen molar-refractivity contribution in [2.45, 2.75) is 51.4 Å². The van der Waals surface area contributed by atoms with Crippen LogP contribution in [-0.4, -0.2) is 42.0 Å². The standard InChI is InChI=1S/C37H36N2O9/c40-33(45-23-27-13-5-1-6-14-27)21-31(39-37(44)48-26-30-19-11-4-12-20-30)35(42)38-32(36(43)47-25-29-17-9-3-10-18-29)22-34(41)46-24-28-15-7-2-8-16-28/h1-20,31-32H,21-26H2,(H,38,42)(H,39,44)/t31-,32+/m1/s1. The zero-order valence-corrected chi connectivity index (χ0v) is 26.1. The van der Waals surface area contributed by atoms with Gasteiger partial charge in [0.05, 0.1) is 12.8 Å². The number of alkyl carbamates (subject to hydrolysis) is 1. The van der Waals surface area contributed by atoms with Crippen LogP contribution in [0.2, 0.25) is 0 Å². The maximum atomic E-state index is 13.6. The van der Waals surface area contributed by atoms with Crippen LogP contribution in [0.25, 0.3) is 0 Å². The summed E-state index contributed by atoms with van der Waals surface area (Å²) in [6.45, 7) is -0.330. The van der Waals surface area contributed by atoms with Crippen LogP contribution in [0.5, 0.6) is 0 Å². The summed E-state index contributed by atoms with van der Waals surface area (Å²) in [6.07, 6.45) is -2.15. The molecule has 0 aliphatic rings. The summed E-state index contributed by atoms with van der Waals surface area (Å²) < 4.78 is 21.3. The van der Waals surface area contributed by atoms with Crippen LogP contribution in [-0.2, 0) is 64.6 Å². The molecule has 0 aliphatic carbocycles. The highest BCUT2D eigenvalue weighted by atomic mass is 16.6. The number of hydrogen-bond acceptors (Lipinski definition) is 9. The second kappa shape index (κ2) is 18.9. The molecule has 0 heterocycles. The number of hydrogen-bond donors (Lipinski definition) is 2. The van der Waals surface area contributed by atoms with E-state index in [0.29, 0.717) is 11.1 Å². The Bertz CT molecular complexity index is 1560. The Hall–Kier alpha value is -5.97. The van der Waals surface area contributed by atoms with E-state index in [-0.39, 0.29) is 26.4 Å². The Labute approximate surface area is 278 Å². The maximum Gasteiger partial charge on any atom is 0.408 e. The third-order valence-corrected chi connectivity index (χ3v) is 6.87. The van der Waals surface area contributed by atoms with Gasteiger partial charge in [0.1, 0.15) is 38.5 Å². The largest absolute Gasteiger partial charge is 0.461 e. The van der Waals surface area contributed by atoms with Gasteiger partial charge in [-0.15, -0.1) is 0 Å². The number of benzene rings is 4. The van der Waals surface area contributed by atoms with Crippen LogP contribution in [0.4, 0.5) is 4.79 Å². The fourth-order valence-electron chi connectivity index (χ4n) is 4.34. The van der Waals surface area contributed by atoms with Gasteiger partial charge in [0.2, 0.25) is 5.91 Å². The topological polar surface area (TPSA) is 146 Å². The van der Waals surface area contributed by atoms with Gasteiger partial charge in [-0.05, 0) is 22.3 Å². The third kappa shape index (κ3) is 12.4. The fourth-order valence-corrected chi connectivity index (χ4v) is 4.34. The lowest BCUT2D eigenvalue weighted by Crippen LogP contribution is -2.53. The summed E-state index contributed by atoms with van der Waals surface area (Å²) in [4.78, 5) is 65.1. The summed E-state index contributed by atoms with van der Waals surface area (Å²) in [6, 6.07) is 32.5. The quantitative estimate of drug-likeness (QED) is 0.129. The molecule has 2 N–H and O–H groups in total. The summed E-state index contributed by atoms with van der Waals surface area (Å²) >= 11 is 0. The molecule has 248 valence electrons. The number of carbonyl (C=O) groups excluding carboxylic acids is 5. The first-order valence-corrected chi connectivity index (χ1v) is 15.2. The zero-order valence-electron chi connectivity index (χ0n) is 26.1. The first-order valence-electron chi connectivity index (χ1n) is 15.2. The molecule has 0 unspecified atom stereocenters. The summed E-state index contributed by atoms with van der Waals surface area (Å²) in [5, 5.41) is 4.82. The van der Waals surface area contributed by atoms with E-state index >= 15 is 0 Å². The Kier molecular flexibility index (Phi) is 13.7. The second-order valence-corrected chi connectivity index (χ2v) is 10.6. The molecule has 0 saturated heterocycles. The molecule has 0 fully saturated rings. The van der Waals surface area contributed by atoms with Crippen LogP contribution >= 0.6 is 0 Å². The Morgan fingerprint density at radius 2 is 0.792 bits per heavy atom. The molecular weight excluding hydrogens is 616 g/mol. The van der Waals surface area contributed by atoms with E-state index < -0.39 is 54.8 Å². The molecule has 2 atom stereocenters. The lowest BCUT2D eigenvalue weighted by atomic mass is 10.1. The first kappa shape index (κ1) is 34.9. The minimum Gasteiger partial charge on any atom is -0.461 e. The van der Waals surface area contributed by atoms with Gasteiger partial charge < -0.3 is 29.6 Å². The monoisotopic (exact) mass is 652 g/mol. The van der Waals surface area contributed by atoms with Crippen LogP contribution < -0.4 is 10.6 Å². The van der Waals surface area contributed by atoms with E-state index in [2.05, 4.69) is 10.6 Å². The zero-order chi connectivity index (χ0) is 34.0. The van der Waals surface area contributed by atoms with Gasteiger partial charge in [0.25, 0.3) is 0 Å². The highest BCUT2D eigenvalue weighted by molar-refractivity contribution is 5.93. The van der Waals surface area contributed by atoms with Crippen molar-refractivity contribution >= 4 is 29.9 Å². The molecule has 11 nitrogen and oxygen atoms in total. The molecular formula is C37H36N2O9. The van der Waals surface area contributed by atoms with E-state index in [4.69, 9.17) is 18.9 Å². The number of carbonyl (C=O) groups is 5. The summed E-state index contributed by atoms with van der Waals surface area (Å²) in [5.74, 6) is -3.44. The Morgan fingerprint density at radius 3 is 1.21 bits per heavy atom. The first-order chi connectivity index (χ1) is 23.4. The molecule has 4 aromatic carbocycles. The molecule has 4 aromatic rings. The molecule has 0 saturated carbocycles. The molecule has 2 amide bonds. The average molecular weight is 653 g/mol. The molecule has 0 aromatic heterocycles. The minimum atomic E-state index is -1.53. The van der Waals surface area contributed by atoms with Crippen LogP contribution in [0.3, 0.4) is 0 Å². The van der Waals surface area contributed by atoms with Gasteiger partial charge in [0.15, 0.2) is 0 Å². The minimum absolute atomic E-state index is 0.0515. The summed E-state index contributed by atoms with van der Waals surface area (Å²) in [5.41, 5.74) is 2.83. The van der Waals surface area contributed by atoms with Gasteiger partial charge >= 0.3 is 24.0 Å². The number of rotatable bonds is 16. The van der Waals surface area contributed by atoms with Crippen molar-refractivity contribution in [1.29, 1.82) is 0 Å². The Balaban J connectivity index is 1.45. The van der Waals surface area contributed by atoms with Gasteiger partial charge in [0, 0.05) is 0 Å². The molecule has 11 heteroatoms. The number of amides is 2. The van der Waals surface area contributed by atoms with E-state index in [1.54, 1.807) is 103 Å². The van der Waals surface area contributed by atoms with Gasteiger partial charge in [-0.25, -0.2) is 9.59 Å². The van der Waals surface area contributed by atoms with Crippen LogP contribution in [0, 0.1) is 0 Å². The fraction of sp³-hybridized carbons (Fsp3) is 0.216. The molecule has 0 spiro atoms. The second-order valence-electron chi connectivity index (χ2n) is 10.6. The lowest BCUT2D eigenvalue weighted by molar-refractivity contribution is -0.155. The number of ether oxygens (including phenoxy) is 4. The van der Waals surface area contributed by atoms with Crippen molar-refractivity contribution in [3.63, 3.8) is 0 Å². The predicted molar refractivity (Wildman–Crippen MR) is 173 cm³/mol. The van der Waals surface area contributed by atoms with Gasteiger partial charge in [-0.3, -0.25) is 14.4 Å². The molecule has 0 aliphatic heterocycles. The number of esters is 3. The van der Waals surface area contributed by atoms with Gasteiger partial charge in [-0.2, -0.15) is 0 Å². The van der Waals surface area contributed by atoms with Crippen molar-refractivity contribution in [2.75, 3.05) is 0 Å². The molecule has 4 rings (SSSR count). The summed E-state index contributed by atoms with van der Waals surface area (Å²) in [7, 11) is 0. The number of nitrogens with one attached hydrogen (secondary N) is 2. The molecule has 48 heavy (non-hydrogen) atoms. The lowest BCUT2D eigenvalue weighted by Gasteiger charge is -2.22. The highest BCUT2D eigenvalue weighted by Crippen LogP contribution is 2.10. The van der Waals surface area contributed by atoms with E-state index in [0.717, 1.165) is 11.1 Å². The van der Waals surface area contributed by atoms with Crippen LogP contribution in [0.15, 0.2) is 121 Å². The van der Waals surface area contributed by atoms with Gasteiger partial charge in [-0.1, -0.05) is 121 Å². The molecule has 0 bridgehead atoms. The average Bonchev–Trinajstić information content (AvgIpc) is 3.12. The normalized spacial score (nSPS) is 11.7.